The minimum Gasteiger partial charge on any atom is -0.497 e. The first-order chi connectivity index (χ1) is 17.2. The van der Waals surface area contributed by atoms with E-state index in [1.807, 2.05) is 24.3 Å². The summed E-state index contributed by atoms with van der Waals surface area (Å²) < 4.78 is 7.67. The molecular weight excluding hydrogens is 458 g/mol. The van der Waals surface area contributed by atoms with Gasteiger partial charge >= 0.3 is 0 Å². The van der Waals surface area contributed by atoms with Gasteiger partial charge in [-0.25, -0.2) is 0 Å². The molecule has 2 heterocycles. The molecule has 190 valence electrons. The van der Waals surface area contributed by atoms with Crippen molar-refractivity contribution in [3.8, 4) is 5.75 Å². The third-order valence-corrected chi connectivity index (χ3v) is 9.09. The first-order valence-corrected chi connectivity index (χ1v) is 14.4. The van der Waals surface area contributed by atoms with Gasteiger partial charge in [0, 0.05) is 30.9 Å². The van der Waals surface area contributed by atoms with Gasteiger partial charge in [-0.15, -0.1) is 10.2 Å². The topological polar surface area (TPSA) is 72.3 Å². The van der Waals surface area contributed by atoms with Crippen molar-refractivity contribution >= 4 is 23.4 Å². The fourth-order valence-corrected chi connectivity index (χ4v) is 7.12. The number of thioether (sulfide) groups is 1. The standard InChI is InChI=1S/C27H39N5O2S/c1-34-24-13-7-10-22(16-24)28-17-25-29-30-27(32(25)23-11-3-2-4-12-23)35-19-26(33)31-15-14-20-8-5-6-9-21(20)18-31/h7,10,13,16,20-21,23,28H,2-6,8-9,11-12,14-15,17-19H2,1H3/t20-,21-/m0/s1. The molecule has 1 aliphatic heterocycles. The summed E-state index contributed by atoms with van der Waals surface area (Å²) in [6, 6.07) is 8.36. The molecule has 1 N–H and O–H groups in total. The smallest absolute Gasteiger partial charge is 0.233 e. The van der Waals surface area contributed by atoms with Crippen LogP contribution in [0.4, 0.5) is 5.69 Å². The number of anilines is 1. The molecule has 1 amide bonds. The normalized spacial score (nSPS) is 23.1. The Hall–Kier alpha value is -2.22. The van der Waals surface area contributed by atoms with Crippen LogP contribution in [0.5, 0.6) is 5.75 Å². The molecular formula is C27H39N5O2S. The van der Waals surface area contributed by atoms with E-state index in [1.165, 1.54) is 51.4 Å². The second kappa shape index (κ2) is 11.7. The zero-order valence-corrected chi connectivity index (χ0v) is 21.8. The summed E-state index contributed by atoms with van der Waals surface area (Å²) in [5.41, 5.74) is 0.998. The largest absolute Gasteiger partial charge is 0.497 e. The molecule has 0 bridgehead atoms. The van der Waals surface area contributed by atoms with Crippen molar-refractivity contribution in [1.29, 1.82) is 0 Å². The minimum absolute atomic E-state index is 0.258. The van der Waals surface area contributed by atoms with Crippen LogP contribution in [0, 0.1) is 11.8 Å². The Labute approximate surface area is 213 Å². The van der Waals surface area contributed by atoms with Crippen molar-refractivity contribution in [3.05, 3.63) is 30.1 Å². The summed E-state index contributed by atoms with van der Waals surface area (Å²) in [6.45, 7) is 2.47. The van der Waals surface area contributed by atoms with Crippen LogP contribution < -0.4 is 10.1 Å². The predicted octanol–water partition coefficient (Wildman–Crippen LogP) is 5.53. The number of aromatic nitrogens is 3. The first-order valence-electron chi connectivity index (χ1n) is 13.4. The van der Waals surface area contributed by atoms with Crippen LogP contribution in [0.3, 0.4) is 0 Å². The molecule has 0 spiro atoms. The summed E-state index contributed by atoms with van der Waals surface area (Å²) in [7, 11) is 1.68. The lowest BCUT2D eigenvalue weighted by atomic mass is 9.75. The monoisotopic (exact) mass is 497 g/mol. The highest BCUT2D eigenvalue weighted by atomic mass is 32.2. The van der Waals surface area contributed by atoms with Crippen LogP contribution in [-0.2, 0) is 11.3 Å². The number of hydrogen-bond acceptors (Lipinski definition) is 6. The minimum atomic E-state index is 0.258. The summed E-state index contributed by atoms with van der Waals surface area (Å²) >= 11 is 1.57. The van der Waals surface area contributed by atoms with E-state index in [9.17, 15) is 4.79 Å². The second-order valence-electron chi connectivity index (χ2n) is 10.4. The van der Waals surface area contributed by atoms with Crippen LogP contribution in [-0.4, -0.2) is 51.5 Å². The van der Waals surface area contributed by atoms with Crippen LogP contribution in [0.25, 0.3) is 0 Å². The van der Waals surface area contributed by atoms with Crippen LogP contribution in [0.2, 0.25) is 0 Å². The molecule has 1 aromatic carbocycles. The van der Waals surface area contributed by atoms with Crippen LogP contribution in [0.15, 0.2) is 29.4 Å². The zero-order chi connectivity index (χ0) is 24.0. The molecule has 2 aliphatic carbocycles. The van der Waals surface area contributed by atoms with Gasteiger partial charge < -0.3 is 19.5 Å². The number of benzene rings is 1. The predicted molar refractivity (Wildman–Crippen MR) is 140 cm³/mol. The Morgan fingerprint density at radius 1 is 1.06 bits per heavy atom. The number of carbonyl (C=O) groups is 1. The molecule has 1 saturated heterocycles. The molecule has 35 heavy (non-hydrogen) atoms. The lowest BCUT2D eigenvalue weighted by Gasteiger charge is -2.41. The first kappa shape index (κ1) is 24.5. The van der Waals surface area contributed by atoms with Gasteiger partial charge in [-0.2, -0.15) is 0 Å². The van der Waals surface area contributed by atoms with E-state index in [4.69, 9.17) is 4.74 Å². The number of piperidine rings is 1. The van der Waals surface area contributed by atoms with Crippen molar-refractivity contribution in [2.75, 3.05) is 31.3 Å². The summed E-state index contributed by atoms with van der Waals surface area (Å²) in [6.07, 6.45) is 12.6. The van der Waals surface area contributed by atoms with Crippen molar-refractivity contribution in [2.45, 2.75) is 82.0 Å². The number of rotatable bonds is 8. The van der Waals surface area contributed by atoms with Crippen LogP contribution >= 0.6 is 11.8 Å². The van der Waals surface area contributed by atoms with Gasteiger partial charge in [0.05, 0.1) is 19.4 Å². The van der Waals surface area contributed by atoms with E-state index in [2.05, 4.69) is 25.0 Å². The van der Waals surface area contributed by atoms with E-state index in [0.29, 0.717) is 24.3 Å². The van der Waals surface area contributed by atoms with E-state index in [-0.39, 0.29) is 5.91 Å². The lowest BCUT2D eigenvalue weighted by Crippen LogP contribution is -2.45. The number of ether oxygens (including phenoxy) is 1. The number of amides is 1. The van der Waals surface area contributed by atoms with Crippen molar-refractivity contribution in [1.82, 2.24) is 19.7 Å². The second-order valence-corrected chi connectivity index (χ2v) is 11.3. The fourth-order valence-electron chi connectivity index (χ4n) is 6.19. The van der Waals surface area contributed by atoms with Gasteiger partial charge in [-0.3, -0.25) is 4.79 Å². The third kappa shape index (κ3) is 5.96. The summed E-state index contributed by atoms with van der Waals surface area (Å²) in [4.78, 5) is 15.3. The number of likely N-dealkylation sites (tertiary alicyclic amines) is 1. The van der Waals surface area contributed by atoms with E-state index < -0.39 is 0 Å². The Morgan fingerprint density at radius 2 is 1.86 bits per heavy atom. The van der Waals surface area contributed by atoms with Gasteiger partial charge in [0.1, 0.15) is 5.75 Å². The Morgan fingerprint density at radius 3 is 2.69 bits per heavy atom. The van der Waals surface area contributed by atoms with Crippen LogP contribution in [0.1, 0.15) is 76.1 Å². The number of methoxy groups -OCH3 is 1. The van der Waals surface area contributed by atoms with Gasteiger partial charge in [0.2, 0.25) is 5.91 Å². The Kier molecular flexibility index (Phi) is 8.16. The molecule has 2 atom stereocenters. The average Bonchev–Trinajstić information content (AvgIpc) is 3.33. The highest BCUT2D eigenvalue weighted by Crippen LogP contribution is 2.37. The number of hydrogen-bond donors (Lipinski definition) is 1. The van der Waals surface area contributed by atoms with Crippen molar-refractivity contribution in [3.63, 3.8) is 0 Å². The molecule has 8 heteroatoms. The molecule has 7 nitrogen and oxygen atoms in total. The van der Waals surface area contributed by atoms with Crippen molar-refractivity contribution in [2.24, 2.45) is 11.8 Å². The molecule has 3 aliphatic rings. The summed E-state index contributed by atoms with van der Waals surface area (Å²) in [5, 5.41) is 13.5. The van der Waals surface area contributed by atoms with Gasteiger partial charge in [-0.1, -0.05) is 56.4 Å². The van der Waals surface area contributed by atoms with E-state index >= 15 is 0 Å². The number of fused-ring (bicyclic) bond motifs is 1. The SMILES string of the molecule is COc1cccc(NCc2nnc(SCC(=O)N3CC[C@@H]4CCCC[C@H]4C3)n2C2CCCCC2)c1. The molecule has 2 saturated carbocycles. The maximum Gasteiger partial charge on any atom is 0.233 e. The van der Waals surface area contributed by atoms with Gasteiger partial charge in [0.25, 0.3) is 0 Å². The molecule has 0 unspecified atom stereocenters. The average molecular weight is 498 g/mol. The Balaban J connectivity index is 1.24. The highest BCUT2D eigenvalue weighted by molar-refractivity contribution is 7.99. The zero-order valence-electron chi connectivity index (χ0n) is 21.0. The summed E-state index contributed by atoms with van der Waals surface area (Å²) in [5.74, 6) is 4.04. The molecule has 3 fully saturated rings. The maximum absolute atomic E-state index is 13.1. The molecule has 0 radical (unpaired) electrons. The lowest BCUT2D eigenvalue weighted by molar-refractivity contribution is -0.131. The quantitative estimate of drug-likeness (QED) is 0.483. The van der Waals surface area contributed by atoms with Gasteiger partial charge in [0.15, 0.2) is 11.0 Å². The van der Waals surface area contributed by atoms with Gasteiger partial charge in [-0.05, 0) is 49.7 Å². The number of nitrogens with zero attached hydrogens (tertiary/aromatic N) is 4. The number of carbonyl (C=O) groups excluding carboxylic acids is 1. The van der Waals surface area contributed by atoms with E-state index in [0.717, 1.165) is 54.3 Å². The molecule has 2 aromatic rings. The highest BCUT2D eigenvalue weighted by Gasteiger charge is 2.33. The fraction of sp³-hybridized carbons (Fsp3) is 0.667. The van der Waals surface area contributed by atoms with E-state index in [1.54, 1.807) is 18.9 Å². The van der Waals surface area contributed by atoms with Crippen molar-refractivity contribution < 1.29 is 9.53 Å². The molecule has 1 aromatic heterocycles. The molecule has 5 rings (SSSR count). The Bertz CT molecular complexity index is 990. The number of nitrogens with one attached hydrogen (secondary N) is 1. The third-order valence-electron chi connectivity index (χ3n) is 8.16. The maximum atomic E-state index is 13.1.